The number of nitriles is 1. The van der Waals surface area contributed by atoms with Crippen molar-refractivity contribution in [1.82, 2.24) is 10.1 Å². The van der Waals surface area contributed by atoms with Gasteiger partial charge < -0.3 is 23.6 Å². The number of carbonyl (C=O) groups is 1. The first-order chi connectivity index (χ1) is 19.0. The molecule has 0 bridgehead atoms. The molecule has 0 unspecified atom stereocenters. The summed E-state index contributed by atoms with van der Waals surface area (Å²) < 4.78 is 21.4. The van der Waals surface area contributed by atoms with Crippen LogP contribution < -0.4 is 9.64 Å². The van der Waals surface area contributed by atoms with Crippen LogP contribution in [-0.2, 0) is 16.1 Å². The largest absolute Gasteiger partial charge is 0.472 e. The summed E-state index contributed by atoms with van der Waals surface area (Å²) in [6, 6.07) is 14.5. The number of aromatic nitrogens is 2. The molecule has 1 fully saturated rings. The molecule has 4 heterocycles. The number of thiophene rings is 1. The summed E-state index contributed by atoms with van der Waals surface area (Å²) in [6.07, 6.45) is 1.46. The van der Waals surface area contributed by atoms with Crippen molar-refractivity contribution in [3.8, 4) is 34.5 Å². The van der Waals surface area contributed by atoms with Crippen LogP contribution in [0.2, 0.25) is 0 Å². The molecule has 3 aromatic heterocycles. The molecule has 1 aliphatic heterocycles. The van der Waals surface area contributed by atoms with Gasteiger partial charge in [-0.3, -0.25) is 10.1 Å². The van der Waals surface area contributed by atoms with Crippen LogP contribution in [0.4, 0.5) is 10.7 Å². The van der Waals surface area contributed by atoms with Crippen LogP contribution in [0.5, 0.6) is 5.88 Å². The summed E-state index contributed by atoms with van der Waals surface area (Å²) in [7, 11) is 1.19. The van der Waals surface area contributed by atoms with Crippen LogP contribution in [-0.4, -0.2) is 54.4 Å². The van der Waals surface area contributed by atoms with Crippen LogP contribution >= 0.6 is 11.3 Å². The van der Waals surface area contributed by atoms with Gasteiger partial charge in [-0.1, -0.05) is 28.6 Å². The quantitative estimate of drug-likeness (QED) is 0.175. The Bertz CT molecular complexity index is 1540. The minimum Gasteiger partial charge on any atom is -0.472 e. The van der Waals surface area contributed by atoms with Gasteiger partial charge in [-0.15, -0.1) is 0 Å². The molecule has 0 aliphatic carbocycles. The third-order valence-electron chi connectivity index (χ3n) is 6.05. The fourth-order valence-corrected chi connectivity index (χ4v) is 5.02. The zero-order chi connectivity index (χ0) is 27.4. The van der Waals surface area contributed by atoms with Gasteiger partial charge in [-0.25, -0.2) is 9.78 Å². The third kappa shape index (κ3) is 5.42. The number of morpholine rings is 1. The minimum absolute atomic E-state index is 0.0247. The SMILES string of the molecule is COC(=O)c1sc([N+](=O)[O-])cc1COc1nc(-c2ccc(N3CCOCC3)cc2)cc(-c2ccno2)c1C#N. The smallest absolute Gasteiger partial charge is 0.348 e. The second-order valence-corrected chi connectivity index (χ2v) is 9.38. The fraction of sp³-hybridized carbons (Fsp3) is 0.231. The average Bonchev–Trinajstić information content (AvgIpc) is 3.67. The number of nitro groups is 1. The molecule has 0 spiro atoms. The Morgan fingerprint density at radius 1 is 1.23 bits per heavy atom. The van der Waals surface area contributed by atoms with Gasteiger partial charge in [-0.2, -0.15) is 5.26 Å². The molecule has 0 radical (unpaired) electrons. The van der Waals surface area contributed by atoms with Gasteiger partial charge in [0.25, 0.3) is 0 Å². The summed E-state index contributed by atoms with van der Waals surface area (Å²) in [4.78, 5) is 29.8. The molecule has 1 aliphatic rings. The van der Waals surface area contributed by atoms with E-state index in [1.165, 1.54) is 19.4 Å². The van der Waals surface area contributed by atoms with Crippen LogP contribution in [0.15, 0.2) is 53.2 Å². The van der Waals surface area contributed by atoms with Crippen molar-refractivity contribution in [2.75, 3.05) is 38.3 Å². The maximum absolute atomic E-state index is 12.2. The van der Waals surface area contributed by atoms with E-state index in [0.29, 0.717) is 41.6 Å². The molecule has 4 aromatic rings. The second kappa shape index (κ2) is 11.3. The Morgan fingerprint density at radius 3 is 2.64 bits per heavy atom. The number of nitrogens with zero attached hydrogens (tertiary/aromatic N) is 5. The number of methoxy groups -OCH3 is 1. The Morgan fingerprint density at radius 2 is 2.00 bits per heavy atom. The number of hydrogen-bond acceptors (Lipinski definition) is 12. The zero-order valence-electron chi connectivity index (χ0n) is 20.7. The number of anilines is 1. The highest BCUT2D eigenvalue weighted by atomic mass is 32.1. The first kappa shape index (κ1) is 25.8. The molecule has 1 saturated heterocycles. The van der Waals surface area contributed by atoms with E-state index in [4.69, 9.17) is 18.7 Å². The fourth-order valence-electron chi connectivity index (χ4n) is 4.12. The molecular formula is C26H21N5O7S. The average molecular weight is 548 g/mol. The normalized spacial score (nSPS) is 13.1. The van der Waals surface area contributed by atoms with Gasteiger partial charge in [0.15, 0.2) is 5.76 Å². The van der Waals surface area contributed by atoms with Crippen molar-refractivity contribution >= 4 is 28.0 Å². The van der Waals surface area contributed by atoms with Crippen LogP contribution in [0.25, 0.3) is 22.6 Å². The van der Waals surface area contributed by atoms with Crippen LogP contribution in [0, 0.1) is 21.4 Å². The first-order valence-electron chi connectivity index (χ1n) is 11.8. The van der Waals surface area contributed by atoms with Crippen molar-refractivity contribution in [2.45, 2.75) is 6.61 Å². The lowest BCUT2D eigenvalue weighted by Gasteiger charge is -2.28. The summed E-state index contributed by atoms with van der Waals surface area (Å²) in [5.41, 5.74) is 3.07. The number of hydrogen-bond donors (Lipinski definition) is 0. The van der Waals surface area contributed by atoms with Gasteiger partial charge in [0.05, 0.1) is 37.1 Å². The van der Waals surface area contributed by atoms with E-state index in [2.05, 4.69) is 21.1 Å². The van der Waals surface area contributed by atoms with E-state index in [1.54, 1.807) is 12.1 Å². The molecule has 0 N–H and O–H groups in total. The number of rotatable bonds is 8. The van der Waals surface area contributed by atoms with Crippen molar-refractivity contribution < 1.29 is 28.5 Å². The predicted octanol–water partition coefficient (Wildman–Crippen LogP) is 4.45. The summed E-state index contributed by atoms with van der Waals surface area (Å²) in [5.74, 6) is -0.411. The number of carbonyl (C=O) groups excluding carboxylic acids is 1. The third-order valence-corrected chi connectivity index (χ3v) is 7.16. The highest BCUT2D eigenvalue weighted by Gasteiger charge is 2.25. The highest BCUT2D eigenvalue weighted by Crippen LogP contribution is 2.35. The standard InChI is InChI=1S/C26H21N5O7S/c1-35-26(32)24-17(12-23(39-24)31(33)34)15-37-25-20(14-27)19(22-6-7-28-38-22)13-21(29-25)16-2-4-18(5-3-16)30-8-10-36-11-9-30/h2-7,12-13H,8-11,15H2,1H3. The number of esters is 1. The molecule has 13 heteroatoms. The van der Waals surface area contributed by atoms with Crippen LogP contribution in [0.3, 0.4) is 0 Å². The monoisotopic (exact) mass is 547 g/mol. The number of benzene rings is 1. The van der Waals surface area contributed by atoms with Crippen molar-refractivity contribution in [2.24, 2.45) is 0 Å². The maximum atomic E-state index is 12.2. The minimum atomic E-state index is -0.725. The lowest BCUT2D eigenvalue weighted by atomic mass is 10.0. The molecule has 39 heavy (non-hydrogen) atoms. The molecule has 12 nitrogen and oxygen atoms in total. The molecule has 0 saturated carbocycles. The molecule has 1 aromatic carbocycles. The summed E-state index contributed by atoms with van der Waals surface area (Å²) in [5, 5.41) is 24.8. The van der Waals surface area contributed by atoms with Gasteiger partial charge in [0, 0.05) is 47.6 Å². The topological polar surface area (TPSA) is 154 Å². The van der Waals surface area contributed by atoms with Crippen molar-refractivity contribution in [1.29, 1.82) is 5.26 Å². The Kier molecular flexibility index (Phi) is 7.48. The first-order valence-corrected chi connectivity index (χ1v) is 12.6. The maximum Gasteiger partial charge on any atom is 0.348 e. The van der Waals surface area contributed by atoms with Gasteiger partial charge in [0.2, 0.25) is 5.88 Å². The second-order valence-electron chi connectivity index (χ2n) is 8.35. The van der Waals surface area contributed by atoms with Crippen LogP contribution in [0.1, 0.15) is 20.8 Å². The van der Waals surface area contributed by atoms with E-state index in [1.807, 2.05) is 24.3 Å². The zero-order valence-corrected chi connectivity index (χ0v) is 21.5. The molecule has 0 amide bonds. The molecule has 198 valence electrons. The summed E-state index contributed by atoms with van der Waals surface area (Å²) >= 11 is 0.685. The molecule has 0 atom stereocenters. The Hall–Kier alpha value is -4.80. The van der Waals surface area contributed by atoms with E-state index in [-0.39, 0.29) is 33.5 Å². The van der Waals surface area contributed by atoms with E-state index in [9.17, 15) is 20.2 Å². The Labute approximate surface area is 226 Å². The summed E-state index contributed by atoms with van der Waals surface area (Å²) in [6.45, 7) is 2.69. The molecule has 5 rings (SSSR count). The van der Waals surface area contributed by atoms with Crippen molar-refractivity contribution in [3.05, 3.63) is 74.8 Å². The lowest BCUT2D eigenvalue weighted by molar-refractivity contribution is -0.380. The number of ether oxygens (including phenoxy) is 3. The highest BCUT2D eigenvalue weighted by molar-refractivity contribution is 7.17. The van der Waals surface area contributed by atoms with Gasteiger partial charge in [-0.05, 0) is 18.2 Å². The Balaban J connectivity index is 1.52. The van der Waals surface area contributed by atoms with E-state index in [0.717, 1.165) is 24.3 Å². The van der Waals surface area contributed by atoms with E-state index < -0.39 is 10.9 Å². The van der Waals surface area contributed by atoms with E-state index >= 15 is 0 Å². The molecular weight excluding hydrogens is 526 g/mol. The van der Waals surface area contributed by atoms with Gasteiger partial charge in [0.1, 0.15) is 23.1 Å². The van der Waals surface area contributed by atoms with Crippen molar-refractivity contribution in [3.63, 3.8) is 0 Å². The predicted molar refractivity (Wildman–Crippen MR) is 140 cm³/mol. The lowest BCUT2D eigenvalue weighted by Crippen LogP contribution is -2.36. The number of pyridine rings is 1. The van der Waals surface area contributed by atoms with Gasteiger partial charge >= 0.3 is 11.0 Å².